The standard InChI is InChI=1S/C26H25F5N2O3S/c27-23-11-6-20(18-24(23)28)25(19-4-2-1-3-5-19)36-17-16-32-12-14-33(15-13-32)37(34,35)22-9-7-21(8-10-22)26(29,30)31/h1-11,18,25H,12-17H2/t25-/m0/s1. The molecule has 0 unspecified atom stereocenters. The normalized spacial score (nSPS) is 16.6. The number of rotatable bonds is 8. The van der Waals surface area contributed by atoms with Gasteiger partial charge in [0.25, 0.3) is 0 Å². The van der Waals surface area contributed by atoms with E-state index in [0.29, 0.717) is 25.2 Å². The smallest absolute Gasteiger partial charge is 0.367 e. The third-order valence-electron chi connectivity index (χ3n) is 6.19. The van der Waals surface area contributed by atoms with Gasteiger partial charge in [-0.3, -0.25) is 4.90 Å². The van der Waals surface area contributed by atoms with Crippen molar-refractivity contribution < 1.29 is 35.1 Å². The second kappa shape index (κ2) is 11.3. The fourth-order valence-corrected chi connectivity index (χ4v) is 5.57. The van der Waals surface area contributed by atoms with Crippen LogP contribution in [0.2, 0.25) is 0 Å². The molecule has 0 amide bonds. The molecule has 0 spiro atoms. The molecule has 11 heteroatoms. The molecule has 3 aromatic rings. The van der Waals surface area contributed by atoms with Gasteiger partial charge in [-0.05, 0) is 47.5 Å². The van der Waals surface area contributed by atoms with Gasteiger partial charge in [-0.15, -0.1) is 0 Å². The molecule has 1 aliphatic heterocycles. The highest BCUT2D eigenvalue weighted by atomic mass is 32.2. The Hall–Kier alpha value is -2.86. The van der Waals surface area contributed by atoms with Crippen molar-refractivity contribution in [1.29, 1.82) is 0 Å². The van der Waals surface area contributed by atoms with Crippen LogP contribution in [0.5, 0.6) is 0 Å². The van der Waals surface area contributed by atoms with Gasteiger partial charge in [0.15, 0.2) is 11.6 Å². The van der Waals surface area contributed by atoms with Gasteiger partial charge in [-0.25, -0.2) is 17.2 Å². The average Bonchev–Trinajstić information content (AvgIpc) is 2.89. The van der Waals surface area contributed by atoms with Gasteiger partial charge in [0.05, 0.1) is 17.1 Å². The fourth-order valence-electron chi connectivity index (χ4n) is 4.15. The number of hydrogen-bond acceptors (Lipinski definition) is 4. The fraction of sp³-hybridized carbons (Fsp3) is 0.308. The lowest BCUT2D eigenvalue weighted by atomic mass is 10.0. The van der Waals surface area contributed by atoms with Crippen molar-refractivity contribution in [2.24, 2.45) is 0 Å². The Morgan fingerprint density at radius 1 is 0.811 bits per heavy atom. The molecule has 3 aromatic carbocycles. The van der Waals surface area contributed by atoms with E-state index < -0.39 is 39.5 Å². The first-order chi connectivity index (χ1) is 17.6. The lowest BCUT2D eigenvalue weighted by molar-refractivity contribution is -0.137. The molecule has 0 radical (unpaired) electrons. The van der Waals surface area contributed by atoms with E-state index in [9.17, 15) is 30.4 Å². The van der Waals surface area contributed by atoms with Gasteiger partial charge < -0.3 is 4.74 Å². The number of benzene rings is 3. The molecule has 0 aromatic heterocycles. The van der Waals surface area contributed by atoms with E-state index in [2.05, 4.69) is 0 Å². The molecule has 1 heterocycles. The van der Waals surface area contributed by atoms with E-state index in [-0.39, 0.29) is 24.6 Å². The molecule has 1 atom stereocenters. The quantitative estimate of drug-likeness (QED) is 0.374. The Morgan fingerprint density at radius 3 is 2.05 bits per heavy atom. The summed E-state index contributed by atoms with van der Waals surface area (Å²) in [7, 11) is -3.92. The summed E-state index contributed by atoms with van der Waals surface area (Å²) in [6.45, 7) is 1.89. The van der Waals surface area contributed by atoms with Crippen molar-refractivity contribution in [1.82, 2.24) is 9.21 Å². The van der Waals surface area contributed by atoms with Gasteiger partial charge in [0, 0.05) is 32.7 Å². The van der Waals surface area contributed by atoms with Gasteiger partial charge in [0.1, 0.15) is 6.10 Å². The largest absolute Gasteiger partial charge is 0.416 e. The second-order valence-electron chi connectivity index (χ2n) is 8.60. The third-order valence-corrected chi connectivity index (χ3v) is 8.10. The van der Waals surface area contributed by atoms with Crippen LogP contribution in [0.1, 0.15) is 22.8 Å². The number of hydrogen-bond donors (Lipinski definition) is 0. The summed E-state index contributed by atoms with van der Waals surface area (Å²) >= 11 is 0. The van der Waals surface area contributed by atoms with Crippen LogP contribution < -0.4 is 0 Å². The number of piperazine rings is 1. The van der Waals surface area contributed by atoms with E-state index >= 15 is 0 Å². The molecular formula is C26H25F5N2O3S. The zero-order valence-electron chi connectivity index (χ0n) is 19.7. The first-order valence-corrected chi connectivity index (χ1v) is 13.0. The number of ether oxygens (including phenoxy) is 1. The Balaban J connectivity index is 1.34. The summed E-state index contributed by atoms with van der Waals surface area (Å²) in [5.41, 5.74) is 0.340. The highest BCUT2D eigenvalue weighted by molar-refractivity contribution is 7.89. The zero-order valence-corrected chi connectivity index (χ0v) is 20.5. The number of nitrogens with zero attached hydrogens (tertiary/aromatic N) is 2. The monoisotopic (exact) mass is 540 g/mol. The highest BCUT2D eigenvalue weighted by Crippen LogP contribution is 2.30. The summed E-state index contributed by atoms with van der Waals surface area (Å²) in [6.07, 6.45) is -5.15. The molecule has 0 N–H and O–H groups in total. The summed E-state index contributed by atoms with van der Waals surface area (Å²) in [5.74, 6) is -1.91. The minimum Gasteiger partial charge on any atom is -0.367 e. The van der Waals surface area contributed by atoms with Crippen molar-refractivity contribution >= 4 is 10.0 Å². The van der Waals surface area contributed by atoms with Crippen molar-refractivity contribution in [3.63, 3.8) is 0 Å². The van der Waals surface area contributed by atoms with Crippen LogP contribution in [0.15, 0.2) is 77.7 Å². The van der Waals surface area contributed by atoms with E-state index in [1.807, 2.05) is 35.2 Å². The van der Waals surface area contributed by atoms with Crippen LogP contribution in [0.3, 0.4) is 0 Å². The maximum absolute atomic E-state index is 13.9. The maximum Gasteiger partial charge on any atom is 0.416 e. The van der Waals surface area contributed by atoms with Gasteiger partial charge >= 0.3 is 6.18 Å². The summed E-state index contributed by atoms with van der Waals surface area (Å²) in [4.78, 5) is 1.82. The predicted molar refractivity (Wildman–Crippen MR) is 127 cm³/mol. The summed E-state index contributed by atoms with van der Waals surface area (Å²) in [6, 6.07) is 16.2. The molecule has 37 heavy (non-hydrogen) atoms. The second-order valence-corrected chi connectivity index (χ2v) is 10.5. The lowest BCUT2D eigenvalue weighted by Gasteiger charge is -2.34. The van der Waals surface area contributed by atoms with Gasteiger partial charge in [-0.2, -0.15) is 17.5 Å². The predicted octanol–water partition coefficient (Wildman–Crippen LogP) is 5.10. The molecule has 1 aliphatic rings. The number of sulfonamides is 1. The zero-order chi connectivity index (χ0) is 26.6. The van der Waals surface area contributed by atoms with E-state index in [1.165, 1.54) is 10.4 Å². The van der Waals surface area contributed by atoms with Crippen LogP contribution in [0.4, 0.5) is 22.0 Å². The first-order valence-electron chi connectivity index (χ1n) is 11.6. The average molecular weight is 541 g/mol. The minimum absolute atomic E-state index is 0.175. The molecular weight excluding hydrogens is 515 g/mol. The van der Waals surface area contributed by atoms with Crippen LogP contribution in [0.25, 0.3) is 0 Å². The maximum atomic E-state index is 13.9. The van der Waals surface area contributed by atoms with Crippen LogP contribution in [-0.2, 0) is 20.9 Å². The van der Waals surface area contributed by atoms with Gasteiger partial charge in [0.2, 0.25) is 10.0 Å². The minimum atomic E-state index is -4.54. The Morgan fingerprint density at radius 2 is 1.46 bits per heavy atom. The Bertz CT molecular complexity index is 1290. The van der Waals surface area contributed by atoms with E-state index in [0.717, 1.165) is 42.0 Å². The Labute approximate surface area is 212 Å². The molecule has 1 saturated heterocycles. The van der Waals surface area contributed by atoms with Crippen LogP contribution in [0, 0.1) is 11.6 Å². The molecule has 0 bridgehead atoms. The molecule has 198 valence electrons. The van der Waals surface area contributed by atoms with Crippen LogP contribution >= 0.6 is 0 Å². The summed E-state index contributed by atoms with van der Waals surface area (Å²) in [5, 5.41) is 0. The number of halogens is 5. The number of alkyl halides is 3. The van der Waals surface area contributed by atoms with E-state index in [1.54, 1.807) is 0 Å². The SMILES string of the molecule is O=S(=O)(c1ccc(C(F)(F)F)cc1)N1CCN(CCO[C@@H](c2ccccc2)c2ccc(F)c(F)c2)CC1. The highest BCUT2D eigenvalue weighted by Gasteiger charge is 2.32. The molecule has 1 fully saturated rings. The van der Waals surface area contributed by atoms with Crippen molar-refractivity contribution in [2.45, 2.75) is 17.2 Å². The summed E-state index contributed by atoms with van der Waals surface area (Å²) < 4.78 is 98.7. The van der Waals surface area contributed by atoms with Crippen LogP contribution in [-0.4, -0.2) is 57.0 Å². The van der Waals surface area contributed by atoms with E-state index in [4.69, 9.17) is 4.74 Å². The topological polar surface area (TPSA) is 49.9 Å². The third kappa shape index (κ3) is 6.53. The molecule has 0 aliphatic carbocycles. The first kappa shape index (κ1) is 27.2. The van der Waals surface area contributed by atoms with Crippen molar-refractivity contribution in [3.05, 3.63) is 101 Å². The molecule has 4 rings (SSSR count). The van der Waals surface area contributed by atoms with Crippen molar-refractivity contribution in [3.8, 4) is 0 Å². The lowest BCUT2D eigenvalue weighted by Crippen LogP contribution is -2.49. The van der Waals surface area contributed by atoms with Gasteiger partial charge in [-0.1, -0.05) is 36.4 Å². The molecule has 5 nitrogen and oxygen atoms in total. The molecule has 0 saturated carbocycles. The Kier molecular flexibility index (Phi) is 8.27. The van der Waals surface area contributed by atoms with Crippen molar-refractivity contribution in [2.75, 3.05) is 39.3 Å².